The SMILES string of the molecule is CNCCC(=O)N1CC(O)CC1C(N)=O. The minimum atomic E-state index is -0.649. The van der Waals surface area contributed by atoms with Gasteiger partial charge in [-0.25, -0.2) is 0 Å². The average Bonchev–Trinajstić information content (AvgIpc) is 2.57. The number of carbonyl (C=O) groups is 2. The number of primary amides is 1. The lowest BCUT2D eigenvalue weighted by Gasteiger charge is -2.21. The van der Waals surface area contributed by atoms with Gasteiger partial charge in [0.15, 0.2) is 0 Å². The smallest absolute Gasteiger partial charge is 0.240 e. The number of likely N-dealkylation sites (tertiary alicyclic amines) is 1. The molecule has 1 heterocycles. The lowest BCUT2D eigenvalue weighted by molar-refractivity contribution is -0.137. The summed E-state index contributed by atoms with van der Waals surface area (Å²) in [6.07, 6.45) is -0.0748. The lowest BCUT2D eigenvalue weighted by atomic mass is 10.2. The van der Waals surface area contributed by atoms with Crippen molar-refractivity contribution < 1.29 is 14.7 Å². The zero-order valence-corrected chi connectivity index (χ0v) is 8.77. The second-order valence-electron chi connectivity index (χ2n) is 3.71. The molecule has 15 heavy (non-hydrogen) atoms. The van der Waals surface area contributed by atoms with E-state index in [9.17, 15) is 14.7 Å². The third-order valence-corrected chi connectivity index (χ3v) is 2.52. The van der Waals surface area contributed by atoms with Crippen molar-refractivity contribution in [1.82, 2.24) is 10.2 Å². The molecule has 6 nitrogen and oxygen atoms in total. The first kappa shape index (κ1) is 11.9. The maximum absolute atomic E-state index is 11.6. The van der Waals surface area contributed by atoms with Gasteiger partial charge in [-0.2, -0.15) is 0 Å². The molecule has 2 amide bonds. The molecule has 0 aromatic carbocycles. The van der Waals surface area contributed by atoms with Crippen molar-refractivity contribution >= 4 is 11.8 Å². The highest BCUT2D eigenvalue weighted by Gasteiger charge is 2.37. The van der Waals surface area contributed by atoms with Crippen LogP contribution in [0.25, 0.3) is 0 Å². The summed E-state index contributed by atoms with van der Waals surface area (Å²) in [5, 5.41) is 12.2. The van der Waals surface area contributed by atoms with Crippen molar-refractivity contribution in [3.8, 4) is 0 Å². The van der Waals surface area contributed by atoms with Gasteiger partial charge in [0.1, 0.15) is 6.04 Å². The maximum atomic E-state index is 11.6. The van der Waals surface area contributed by atoms with Gasteiger partial charge in [-0.15, -0.1) is 0 Å². The fourth-order valence-electron chi connectivity index (χ4n) is 1.73. The first-order chi connectivity index (χ1) is 7.06. The third-order valence-electron chi connectivity index (χ3n) is 2.52. The number of nitrogens with zero attached hydrogens (tertiary/aromatic N) is 1. The van der Waals surface area contributed by atoms with Crippen LogP contribution in [0.2, 0.25) is 0 Å². The lowest BCUT2D eigenvalue weighted by Crippen LogP contribution is -2.44. The van der Waals surface area contributed by atoms with Crippen LogP contribution in [0.5, 0.6) is 0 Å². The first-order valence-electron chi connectivity index (χ1n) is 4.97. The second kappa shape index (κ2) is 5.09. The van der Waals surface area contributed by atoms with Crippen LogP contribution >= 0.6 is 0 Å². The molecule has 6 heteroatoms. The van der Waals surface area contributed by atoms with Crippen molar-refractivity contribution in [1.29, 1.82) is 0 Å². The molecule has 1 fully saturated rings. The Morgan fingerprint density at radius 1 is 1.60 bits per heavy atom. The normalized spacial score (nSPS) is 25.6. The summed E-state index contributed by atoms with van der Waals surface area (Å²) in [5.74, 6) is -0.700. The molecule has 0 aromatic rings. The first-order valence-corrected chi connectivity index (χ1v) is 4.97. The molecule has 4 N–H and O–H groups in total. The van der Waals surface area contributed by atoms with Gasteiger partial charge < -0.3 is 21.1 Å². The van der Waals surface area contributed by atoms with E-state index in [-0.39, 0.29) is 18.9 Å². The molecular weight excluding hydrogens is 198 g/mol. The van der Waals surface area contributed by atoms with Crippen LogP contribution in [0.4, 0.5) is 0 Å². The average molecular weight is 215 g/mol. The Bertz CT molecular complexity index is 257. The number of rotatable bonds is 4. The molecule has 2 atom stereocenters. The van der Waals surface area contributed by atoms with Gasteiger partial charge in [-0.3, -0.25) is 9.59 Å². The van der Waals surface area contributed by atoms with Gasteiger partial charge in [-0.1, -0.05) is 0 Å². The van der Waals surface area contributed by atoms with Crippen molar-refractivity contribution in [2.75, 3.05) is 20.1 Å². The Morgan fingerprint density at radius 3 is 2.80 bits per heavy atom. The minimum Gasteiger partial charge on any atom is -0.391 e. The van der Waals surface area contributed by atoms with E-state index in [1.807, 2.05) is 0 Å². The predicted octanol–water partition coefficient (Wildman–Crippen LogP) is -1.96. The largest absolute Gasteiger partial charge is 0.391 e. The Labute approximate surface area is 88.4 Å². The number of nitrogens with one attached hydrogen (secondary N) is 1. The summed E-state index contributed by atoms with van der Waals surface area (Å²) < 4.78 is 0. The van der Waals surface area contributed by atoms with Crippen molar-refractivity contribution in [2.45, 2.75) is 25.0 Å². The summed E-state index contributed by atoms with van der Waals surface area (Å²) >= 11 is 0. The Hall–Kier alpha value is -1.14. The molecule has 0 spiro atoms. The van der Waals surface area contributed by atoms with Gasteiger partial charge in [0.05, 0.1) is 6.10 Å². The quantitative estimate of drug-likeness (QED) is 0.507. The molecule has 1 aliphatic heterocycles. The summed E-state index contributed by atoms with van der Waals surface area (Å²) in [4.78, 5) is 24.0. The third kappa shape index (κ3) is 2.90. The molecule has 0 aliphatic carbocycles. The van der Waals surface area contributed by atoms with Gasteiger partial charge in [-0.05, 0) is 7.05 Å². The molecule has 1 saturated heterocycles. The Kier molecular flexibility index (Phi) is 4.05. The van der Waals surface area contributed by atoms with Crippen molar-refractivity contribution in [3.05, 3.63) is 0 Å². The highest BCUT2D eigenvalue weighted by molar-refractivity contribution is 5.87. The molecule has 0 bridgehead atoms. The number of hydrogen-bond donors (Lipinski definition) is 3. The molecule has 0 radical (unpaired) electrons. The van der Waals surface area contributed by atoms with E-state index < -0.39 is 18.1 Å². The van der Waals surface area contributed by atoms with E-state index >= 15 is 0 Å². The van der Waals surface area contributed by atoms with Crippen molar-refractivity contribution in [3.63, 3.8) is 0 Å². The predicted molar refractivity (Wildman–Crippen MR) is 53.9 cm³/mol. The topological polar surface area (TPSA) is 95.7 Å². The molecule has 0 aromatic heterocycles. The molecule has 1 aliphatic rings. The number of aliphatic hydroxyl groups is 1. The molecule has 1 rings (SSSR count). The van der Waals surface area contributed by atoms with Gasteiger partial charge >= 0.3 is 0 Å². The van der Waals surface area contributed by atoms with Crippen LogP contribution in [-0.2, 0) is 9.59 Å². The standard InChI is InChI=1S/C9H17N3O3/c1-11-3-2-8(14)12-5-6(13)4-7(12)9(10)15/h6-7,11,13H,2-5H2,1H3,(H2,10,15). The Morgan fingerprint density at radius 2 is 2.27 bits per heavy atom. The van der Waals surface area contributed by atoms with Crippen LogP contribution in [-0.4, -0.2) is 54.1 Å². The summed E-state index contributed by atoms with van der Waals surface area (Å²) in [5.41, 5.74) is 5.16. The van der Waals surface area contributed by atoms with Gasteiger partial charge in [0.25, 0.3) is 0 Å². The van der Waals surface area contributed by atoms with Gasteiger partial charge in [0, 0.05) is 25.9 Å². The molecule has 2 unspecified atom stereocenters. The van der Waals surface area contributed by atoms with Crippen LogP contribution in [0.1, 0.15) is 12.8 Å². The summed E-state index contributed by atoms with van der Waals surface area (Å²) in [7, 11) is 1.75. The summed E-state index contributed by atoms with van der Waals surface area (Å²) in [6, 6.07) is -0.649. The number of aliphatic hydroxyl groups excluding tert-OH is 1. The fourth-order valence-corrected chi connectivity index (χ4v) is 1.73. The number of nitrogens with two attached hydrogens (primary N) is 1. The van der Waals surface area contributed by atoms with Crippen molar-refractivity contribution in [2.24, 2.45) is 5.73 Å². The number of β-amino-alcohol motifs (C(OH)–C–C–N with tert-alkyl or cyclic N) is 1. The van der Waals surface area contributed by atoms with E-state index in [0.29, 0.717) is 13.0 Å². The summed E-state index contributed by atoms with van der Waals surface area (Å²) in [6.45, 7) is 0.757. The zero-order valence-electron chi connectivity index (χ0n) is 8.77. The van der Waals surface area contributed by atoms with E-state index in [2.05, 4.69) is 5.32 Å². The van der Waals surface area contributed by atoms with E-state index in [4.69, 9.17) is 5.73 Å². The van der Waals surface area contributed by atoms with Crippen LogP contribution < -0.4 is 11.1 Å². The van der Waals surface area contributed by atoms with E-state index in [1.165, 1.54) is 4.90 Å². The van der Waals surface area contributed by atoms with Gasteiger partial charge in [0.2, 0.25) is 11.8 Å². The fraction of sp³-hybridized carbons (Fsp3) is 0.778. The Balaban J connectivity index is 2.58. The molecule has 0 saturated carbocycles. The number of carbonyl (C=O) groups excluding carboxylic acids is 2. The number of hydrogen-bond acceptors (Lipinski definition) is 4. The maximum Gasteiger partial charge on any atom is 0.240 e. The second-order valence-corrected chi connectivity index (χ2v) is 3.71. The number of amides is 2. The minimum absolute atomic E-state index is 0.148. The monoisotopic (exact) mass is 215 g/mol. The van der Waals surface area contributed by atoms with Crippen LogP contribution in [0.3, 0.4) is 0 Å². The highest BCUT2D eigenvalue weighted by Crippen LogP contribution is 2.18. The van der Waals surface area contributed by atoms with E-state index in [1.54, 1.807) is 7.05 Å². The zero-order chi connectivity index (χ0) is 11.4. The van der Waals surface area contributed by atoms with Crippen LogP contribution in [0, 0.1) is 0 Å². The molecule has 86 valence electrons. The van der Waals surface area contributed by atoms with Crippen LogP contribution in [0.15, 0.2) is 0 Å². The molecular formula is C9H17N3O3. The van der Waals surface area contributed by atoms with E-state index in [0.717, 1.165) is 0 Å². The highest BCUT2D eigenvalue weighted by atomic mass is 16.3.